The first-order valence-electron chi connectivity index (χ1n) is 9.30. The Bertz CT molecular complexity index is 853. The molecule has 1 N–H and O–H groups in total. The third kappa shape index (κ3) is 4.90. The van der Waals surface area contributed by atoms with Gasteiger partial charge in [0.05, 0.1) is 5.56 Å². The average molecular weight is 445 g/mol. The second kappa shape index (κ2) is 8.31. The van der Waals surface area contributed by atoms with Gasteiger partial charge < -0.3 is 15.1 Å². The predicted octanol–water partition coefficient (Wildman–Crippen LogP) is 3.79. The second-order valence-corrected chi connectivity index (χ2v) is 8.84. The molecule has 0 unspecified atom stereocenters. The lowest BCUT2D eigenvalue weighted by molar-refractivity contribution is -0.139. The first kappa shape index (κ1) is 20.3. The molecule has 0 spiro atoms. The summed E-state index contributed by atoms with van der Waals surface area (Å²) in [6, 6.07) is 9.51. The van der Waals surface area contributed by atoms with E-state index in [-0.39, 0.29) is 17.2 Å². The number of benzene rings is 1. The van der Waals surface area contributed by atoms with Crippen LogP contribution < -0.4 is 10.2 Å². The Morgan fingerprint density at radius 3 is 2.25 bits per heavy atom. The zero-order valence-electron chi connectivity index (χ0n) is 16.4. The zero-order chi connectivity index (χ0) is 20.3. The van der Waals surface area contributed by atoms with Crippen LogP contribution in [0.2, 0.25) is 0 Å². The van der Waals surface area contributed by atoms with Crippen LogP contribution in [0, 0.1) is 5.41 Å². The van der Waals surface area contributed by atoms with Crippen molar-refractivity contribution in [2.75, 3.05) is 36.4 Å². The highest BCUT2D eigenvalue weighted by molar-refractivity contribution is 9.10. The van der Waals surface area contributed by atoms with Gasteiger partial charge in [0.25, 0.3) is 5.91 Å². The molecule has 1 aliphatic heterocycles. The molecule has 6 nitrogen and oxygen atoms in total. The van der Waals surface area contributed by atoms with Crippen LogP contribution in [0.5, 0.6) is 0 Å². The third-order valence-corrected chi connectivity index (χ3v) is 5.10. The van der Waals surface area contributed by atoms with Gasteiger partial charge in [-0.05, 0) is 46.3 Å². The highest BCUT2D eigenvalue weighted by Crippen LogP contribution is 2.23. The number of amides is 2. The number of nitrogens with one attached hydrogen (secondary N) is 1. The van der Waals surface area contributed by atoms with E-state index < -0.39 is 0 Å². The van der Waals surface area contributed by atoms with Gasteiger partial charge in [0.15, 0.2) is 0 Å². The van der Waals surface area contributed by atoms with Crippen molar-refractivity contribution in [1.29, 1.82) is 0 Å². The lowest BCUT2D eigenvalue weighted by atomic mass is 9.94. The van der Waals surface area contributed by atoms with Gasteiger partial charge in [-0.1, -0.05) is 20.8 Å². The Labute approximate surface area is 174 Å². The molecule has 28 heavy (non-hydrogen) atoms. The Morgan fingerprint density at radius 1 is 1.04 bits per heavy atom. The van der Waals surface area contributed by atoms with Gasteiger partial charge in [-0.25, -0.2) is 0 Å². The topological polar surface area (TPSA) is 65.5 Å². The van der Waals surface area contributed by atoms with Crippen molar-refractivity contribution < 1.29 is 9.59 Å². The van der Waals surface area contributed by atoms with Gasteiger partial charge in [-0.3, -0.25) is 14.6 Å². The van der Waals surface area contributed by atoms with Gasteiger partial charge in [0, 0.05) is 59.8 Å². The molecule has 7 heteroatoms. The maximum Gasteiger partial charge on any atom is 0.257 e. The van der Waals surface area contributed by atoms with E-state index in [1.165, 1.54) is 6.20 Å². The van der Waals surface area contributed by atoms with Crippen molar-refractivity contribution in [3.8, 4) is 0 Å². The first-order valence-corrected chi connectivity index (χ1v) is 10.1. The highest BCUT2D eigenvalue weighted by Gasteiger charge is 2.29. The summed E-state index contributed by atoms with van der Waals surface area (Å²) in [6.45, 7) is 8.93. The van der Waals surface area contributed by atoms with Crippen molar-refractivity contribution in [3.05, 3.63) is 52.8 Å². The van der Waals surface area contributed by atoms with Gasteiger partial charge in [-0.2, -0.15) is 0 Å². The molecule has 0 saturated carbocycles. The van der Waals surface area contributed by atoms with Crippen molar-refractivity contribution in [2.45, 2.75) is 20.8 Å². The van der Waals surface area contributed by atoms with Crippen molar-refractivity contribution >= 4 is 39.1 Å². The SMILES string of the molecule is CC(C)(C)C(=O)N1CCN(c2ccc(NC(=O)c3cncc(Br)c3)cc2)CC1. The Balaban J connectivity index is 1.58. The molecule has 1 aromatic carbocycles. The van der Waals surface area contributed by atoms with Gasteiger partial charge in [0.2, 0.25) is 5.91 Å². The number of piperazine rings is 1. The van der Waals surface area contributed by atoms with Crippen LogP contribution in [-0.2, 0) is 4.79 Å². The molecule has 0 radical (unpaired) electrons. The Morgan fingerprint density at radius 2 is 1.68 bits per heavy atom. The molecule has 1 aliphatic rings. The summed E-state index contributed by atoms with van der Waals surface area (Å²) in [5.74, 6) is 0.00288. The lowest BCUT2D eigenvalue weighted by Gasteiger charge is -2.38. The number of aromatic nitrogens is 1. The summed E-state index contributed by atoms with van der Waals surface area (Å²) in [4.78, 5) is 32.9. The number of pyridine rings is 1. The molecule has 0 bridgehead atoms. The number of hydrogen-bond acceptors (Lipinski definition) is 4. The molecule has 2 heterocycles. The maximum atomic E-state index is 12.4. The van der Waals surface area contributed by atoms with E-state index >= 15 is 0 Å². The van der Waals surface area contributed by atoms with Crippen LogP contribution in [0.3, 0.4) is 0 Å². The number of halogens is 1. The fraction of sp³-hybridized carbons (Fsp3) is 0.381. The van der Waals surface area contributed by atoms with Crippen LogP contribution >= 0.6 is 15.9 Å². The minimum absolute atomic E-state index is 0.198. The fourth-order valence-electron chi connectivity index (χ4n) is 3.14. The van der Waals surface area contributed by atoms with Gasteiger partial charge in [0.1, 0.15) is 0 Å². The minimum atomic E-state index is -0.341. The number of nitrogens with zero attached hydrogens (tertiary/aromatic N) is 3. The van der Waals surface area contributed by atoms with E-state index in [4.69, 9.17) is 0 Å². The van der Waals surface area contributed by atoms with Crippen molar-refractivity contribution in [3.63, 3.8) is 0 Å². The number of anilines is 2. The van der Waals surface area contributed by atoms with Crippen LogP contribution in [0.25, 0.3) is 0 Å². The largest absolute Gasteiger partial charge is 0.368 e. The summed E-state index contributed by atoms with van der Waals surface area (Å²) in [5.41, 5.74) is 1.98. The van der Waals surface area contributed by atoms with E-state index in [0.29, 0.717) is 5.56 Å². The lowest BCUT2D eigenvalue weighted by Crippen LogP contribution is -2.51. The molecule has 1 aromatic heterocycles. The summed E-state index contributed by atoms with van der Waals surface area (Å²) >= 11 is 3.32. The van der Waals surface area contributed by atoms with Crippen molar-refractivity contribution in [2.24, 2.45) is 5.41 Å². The van der Waals surface area contributed by atoms with Crippen LogP contribution in [0.15, 0.2) is 47.2 Å². The zero-order valence-corrected chi connectivity index (χ0v) is 18.0. The Kier molecular flexibility index (Phi) is 6.03. The maximum absolute atomic E-state index is 12.4. The summed E-state index contributed by atoms with van der Waals surface area (Å²) in [6.07, 6.45) is 3.17. The predicted molar refractivity (Wildman–Crippen MR) is 115 cm³/mol. The molecular weight excluding hydrogens is 420 g/mol. The minimum Gasteiger partial charge on any atom is -0.368 e. The van der Waals surface area contributed by atoms with Gasteiger partial charge in [-0.15, -0.1) is 0 Å². The molecule has 1 fully saturated rings. The van der Waals surface area contributed by atoms with E-state index in [2.05, 4.69) is 31.1 Å². The average Bonchev–Trinajstić information content (AvgIpc) is 2.67. The number of carbonyl (C=O) groups excluding carboxylic acids is 2. The summed E-state index contributed by atoms with van der Waals surface area (Å²) in [7, 11) is 0. The van der Waals surface area contributed by atoms with Crippen LogP contribution in [0.4, 0.5) is 11.4 Å². The molecule has 0 aliphatic carbocycles. The quantitative estimate of drug-likeness (QED) is 0.781. The van der Waals surface area contributed by atoms with Crippen molar-refractivity contribution in [1.82, 2.24) is 9.88 Å². The second-order valence-electron chi connectivity index (χ2n) is 7.92. The third-order valence-electron chi connectivity index (χ3n) is 4.67. The summed E-state index contributed by atoms with van der Waals surface area (Å²) in [5, 5.41) is 2.88. The van der Waals surface area contributed by atoms with E-state index in [9.17, 15) is 9.59 Å². The standard InChI is InChI=1S/C21H25BrN4O2/c1-21(2,3)20(28)26-10-8-25(9-11-26)18-6-4-17(5-7-18)24-19(27)15-12-16(22)14-23-13-15/h4-7,12-14H,8-11H2,1-3H3,(H,24,27). The summed E-state index contributed by atoms with van der Waals surface area (Å²) < 4.78 is 0.764. The number of hydrogen-bond donors (Lipinski definition) is 1. The number of rotatable bonds is 3. The normalized spacial score (nSPS) is 14.7. The highest BCUT2D eigenvalue weighted by atomic mass is 79.9. The molecule has 148 valence electrons. The monoisotopic (exact) mass is 444 g/mol. The Hall–Kier alpha value is -2.41. The van der Waals surface area contributed by atoms with E-state index in [1.54, 1.807) is 12.3 Å². The van der Waals surface area contributed by atoms with Crippen LogP contribution in [0.1, 0.15) is 31.1 Å². The molecule has 0 atom stereocenters. The number of carbonyl (C=O) groups is 2. The van der Waals surface area contributed by atoms with Crippen LogP contribution in [-0.4, -0.2) is 47.9 Å². The molecule has 2 amide bonds. The molecule has 1 saturated heterocycles. The smallest absolute Gasteiger partial charge is 0.257 e. The fourth-order valence-corrected chi connectivity index (χ4v) is 3.50. The van der Waals surface area contributed by atoms with E-state index in [1.807, 2.05) is 49.9 Å². The molecular formula is C21H25BrN4O2. The molecule has 3 rings (SSSR count). The van der Waals surface area contributed by atoms with Gasteiger partial charge >= 0.3 is 0 Å². The van der Waals surface area contributed by atoms with E-state index in [0.717, 1.165) is 42.0 Å². The first-order chi connectivity index (χ1) is 13.2. The molecule has 2 aromatic rings.